The number of carbonyl (C=O) groups excluding carboxylic acids is 1. The van der Waals surface area contributed by atoms with Gasteiger partial charge in [-0.05, 0) is 17.9 Å². The van der Waals surface area contributed by atoms with Gasteiger partial charge in [0.25, 0.3) is 5.91 Å². The van der Waals surface area contributed by atoms with Gasteiger partial charge in [0.05, 0.1) is 6.04 Å². The van der Waals surface area contributed by atoms with Crippen LogP contribution >= 0.6 is 11.3 Å². The molecule has 0 aliphatic rings. The van der Waals surface area contributed by atoms with Crippen LogP contribution in [0.5, 0.6) is 0 Å². The van der Waals surface area contributed by atoms with Crippen LogP contribution in [0.3, 0.4) is 0 Å². The molecular weight excluding hydrogens is 284 g/mol. The third kappa shape index (κ3) is 3.91. The molecule has 0 aromatic carbocycles. The maximum absolute atomic E-state index is 12.3. The molecule has 1 unspecified atom stereocenters. The second-order valence-corrected chi connectivity index (χ2v) is 7.07. The third-order valence-corrected chi connectivity index (χ3v) is 4.15. The van der Waals surface area contributed by atoms with Crippen LogP contribution in [0.2, 0.25) is 0 Å². The molecule has 0 saturated carbocycles. The number of amides is 1. The maximum Gasteiger partial charge on any atom is 0.291 e. The molecule has 5 nitrogen and oxygen atoms in total. The highest BCUT2D eigenvalue weighted by atomic mass is 32.1. The van der Waals surface area contributed by atoms with Crippen LogP contribution in [0, 0.1) is 0 Å². The summed E-state index contributed by atoms with van der Waals surface area (Å²) in [5.74, 6) is 0.696. The molecule has 21 heavy (non-hydrogen) atoms. The molecule has 2 heterocycles. The van der Waals surface area contributed by atoms with Gasteiger partial charge in [-0.15, -0.1) is 16.4 Å². The van der Waals surface area contributed by atoms with E-state index in [9.17, 15) is 4.79 Å². The number of aromatic nitrogens is 3. The Labute approximate surface area is 129 Å². The van der Waals surface area contributed by atoms with Crippen LogP contribution in [0.1, 0.15) is 67.9 Å². The molecule has 0 aliphatic carbocycles. The zero-order valence-electron chi connectivity index (χ0n) is 12.9. The number of hydrogen-bond acceptors (Lipinski definition) is 4. The van der Waals surface area contributed by atoms with Gasteiger partial charge in [0, 0.05) is 10.3 Å². The summed E-state index contributed by atoms with van der Waals surface area (Å²) in [6.45, 7) is 8.19. The lowest BCUT2D eigenvalue weighted by Crippen LogP contribution is -2.29. The number of carbonyl (C=O) groups is 1. The number of H-pyrrole nitrogens is 1. The highest BCUT2D eigenvalue weighted by Crippen LogP contribution is 2.23. The fraction of sp³-hybridized carbons (Fsp3) is 0.533. The first-order valence-electron chi connectivity index (χ1n) is 7.19. The molecule has 0 bridgehead atoms. The molecule has 2 aromatic rings. The van der Waals surface area contributed by atoms with Crippen molar-refractivity contribution in [3.05, 3.63) is 34.0 Å². The van der Waals surface area contributed by atoms with Crippen LogP contribution in [0.25, 0.3) is 0 Å². The van der Waals surface area contributed by atoms with Crippen molar-refractivity contribution >= 4 is 17.2 Å². The molecular formula is C15H22N4OS. The molecule has 1 atom stereocenters. The van der Waals surface area contributed by atoms with Crippen molar-refractivity contribution in [1.82, 2.24) is 20.5 Å². The minimum Gasteiger partial charge on any atom is -0.342 e. The quantitative estimate of drug-likeness (QED) is 0.889. The summed E-state index contributed by atoms with van der Waals surface area (Å²) in [6, 6.07) is 4.07. The van der Waals surface area contributed by atoms with Crippen molar-refractivity contribution in [1.29, 1.82) is 0 Å². The summed E-state index contributed by atoms with van der Waals surface area (Å²) < 4.78 is 0. The molecule has 2 aromatic heterocycles. The summed E-state index contributed by atoms with van der Waals surface area (Å²) in [5, 5.41) is 11.9. The zero-order chi connectivity index (χ0) is 15.5. The number of aromatic amines is 1. The molecule has 0 saturated heterocycles. The Morgan fingerprint density at radius 2 is 2.24 bits per heavy atom. The summed E-state index contributed by atoms with van der Waals surface area (Å²) >= 11 is 1.65. The second kappa shape index (κ2) is 6.39. The first-order chi connectivity index (χ1) is 9.91. The molecule has 0 radical (unpaired) electrons. The van der Waals surface area contributed by atoms with Crippen molar-refractivity contribution in [2.75, 3.05) is 0 Å². The number of hydrogen-bond donors (Lipinski definition) is 2. The molecule has 1 amide bonds. The van der Waals surface area contributed by atoms with Crippen LogP contribution in [0.4, 0.5) is 0 Å². The van der Waals surface area contributed by atoms with Gasteiger partial charge in [0.2, 0.25) is 5.82 Å². The largest absolute Gasteiger partial charge is 0.342 e. The minimum absolute atomic E-state index is 0.0269. The van der Waals surface area contributed by atoms with E-state index in [1.807, 2.05) is 38.3 Å². The zero-order valence-corrected chi connectivity index (χ0v) is 13.8. The van der Waals surface area contributed by atoms with E-state index in [-0.39, 0.29) is 23.2 Å². The van der Waals surface area contributed by atoms with E-state index < -0.39 is 0 Å². The van der Waals surface area contributed by atoms with Gasteiger partial charge in [-0.25, -0.2) is 4.98 Å². The molecule has 2 rings (SSSR count). The van der Waals surface area contributed by atoms with E-state index in [1.165, 1.54) is 0 Å². The van der Waals surface area contributed by atoms with E-state index in [1.54, 1.807) is 11.3 Å². The summed E-state index contributed by atoms with van der Waals surface area (Å²) in [7, 11) is 0. The predicted octanol–water partition coefficient (Wildman–Crippen LogP) is 3.43. The van der Waals surface area contributed by atoms with Crippen LogP contribution in [-0.2, 0) is 5.41 Å². The topological polar surface area (TPSA) is 70.7 Å². The van der Waals surface area contributed by atoms with E-state index in [2.05, 4.69) is 27.4 Å². The van der Waals surface area contributed by atoms with Gasteiger partial charge in [-0.3, -0.25) is 9.89 Å². The standard InChI is InChI=1S/C15H22N4OS/c1-5-7-10(11-8-6-9-21-11)16-13(20)12-17-14(19-18-12)15(2,3)4/h6,8-10H,5,7H2,1-4H3,(H,16,20)(H,17,18,19). The maximum atomic E-state index is 12.3. The number of nitrogens with zero attached hydrogens (tertiary/aromatic N) is 2. The minimum atomic E-state index is -0.228. The number of thiophene rings is 1. The normalized spacial score (nSPS) is 13.1. The Morgan fingerprint density at radius 1 is 1.48 bits per heavy atom. The van der Waals surface area contributed by atoms with Gasteiger partial charge in [0.1, 0.15) is 5.82 Å². The Balaban J connectivity index is 2.10. The SMILES string of the molecule is CCCC(NC(=O)c1n[nH]c(C(C)(C)C)n1)c1cccs1. The lowest BCUT2D eigenvalue weighted by molar-refractivity contribution is 0.0925. The number of rotatable bonds is 5. The molecule has 0 fully saturated rings. The molecule has 0 spiro atoms. The van der Waals surface area contributed by atoms with Gasteiger partial charge >= 0.3 is 0 Å². The van der Waals surface area contributed by atoms with E-state index in [0.717, 1.165) is 23.5 Å². The molecule has 0 aliphatic heterocycles. The van der Waals surface area contributed by atoms with Crippen LogP contribution in [-0.4, -0.2) is 21.1 Å². The molecule has 2 N–H and O–H groups in total. The lowest BCUT2D eigenvalue weighted by atomic mass is 9.96. The Bertz CT molecular complexity index is 583. The second-order valence-electron chi connectivity index (χ2n) is 6.09. The van der Waals surface area contributed by atoms with Gasteiger partial charge in [-0.2, -0.15) is 0 Å². The fourth-order valence-corrected chi connectivity index (χ4v) is 2.80. The van der Waals surface area contributed by atoms with Crippen molar-refractivity contribution < 1.29 is 4.79 Å². The van der Waals surface area contributed by atoms with E-state index in [4.69, 9.17) is 0 Å². The summed E-state index contributed by atoms with van der Waals surface area (Å²) in [5.41, 5.74) is -0.151. The average molecular weight is 306 g/mol. The summed E-state index contributed by atoms with van der Waals surface area (Å²) in [6.07, 6.45) is 1.91. The predicted molar refractivity (Wildman–Crippen MR) is 84.5 cm³/mol. The van der Waals surface area contributed by atoms with Crippen molar-refractivity contribution in [3.63, 3.8) is 0 Å². The van der Waals surface area contributed by atoms with Crippen molar-refractivity contribution in [3.8, 4) is 0 Å². The first-order valence-corrected chi connectivity index (χ1v) is 8.07. The highest BCUT2D eigenvalue weighted by Gasteiger charge is 2.23. The van der Waals surface area contributed by atoms with Gasteiger partial charge in [0.15, 0.2) is 0 Å². The molecule has 114 valence electrons. The van der Waals surface area contributed by atoms with Crippen LogP contribution in [0.15, 0.2) is 17.5 Å². The number of nitrogens with one attached hydrogen (secondary N) is 2. The highest BCUT2D eigenvalue weighted by molar-refractivity contribution is 7.10. The lowest BCUT2D eigenvalue weighted by Gasteiger charge is -2.15. The van der Waals surface area contributed by atoms with Crippen molar-refractivity contribution in [2.24, 2.45) is 0 Å². The smallest absolute Gasteiger partial charge is 0.291 e. The van der Waals surface area contributed by atoms with Gasteiger partial charge in [-0.1, -0.05) is 40.2 Å². The summed E-state index contributed by atoms with van der Waals surface area (Å²) in [4.78, 5) is 17.8. The Kier molecular flexibility index (Phi) is 4.77. The fourth-order valence-electron chi connectivity index (χ4n) is 1.99. The monoisotopic (exact) mass is 306 g/mol. The first kappa shape index (κ1) is 15.7. The third-order valence-electron chi connectivity index (χ3n) is 3.17. The van der Waals surface area contributed by atoms with Gasteiger partial charge < -0.3 is 5.32 Å². The van der Waals surface area contributed by atoms with E-state index >= 15 is 0 Å². The van der Waals surface area contributed by atoms with E-state index in [0.29, 0.717) is 0 Å². The molecule has 6 heteroatoms. The Hall–Kier alpha value is -1.69. The average Bonchev–Trinajstić information content (AvgIpc) is 3.09. The Morgan fingerprint density at radius 3 is 2.76 bits per heavy atom. The van der Waals surface area contributed by atoms with Crippen molar-refractivity contribution in [2.45, 2.75) is 52.0 Å². The van der Waals surface area contributed by atoms with Crippen LogP contribution < -0.4 is 5.32 Å².